The van der Waals surface area contributed by atoms with Gasteiger partial charge in [-0.3, -0.25) is 4.79 Å². The zero-order chi connectivity index (χ0) is 18.3. The Balaban J connectivity index is 1.83. The van der Waals surface area contributed by atoms with E-state index >= 15 is 0 Å². The molecule has 6 nitrogen and oxygen atoms in total. The van der Waals surface area contributed by atoms with E-state index in [1.54, 1.807) is 12.1 Å². The Morgan fingerprint density at radius 3 is 2.62 bits per heavy atom. The summed E-state index contributed by atoms with van der Waals surface area (Å²) in [5.74, 6) is -1.16. The van der Waals surface area contributed by atoms with Crippen molar-refractivity contribution in [3.8, 4) is 11.1 Å². The van der Waals surface area contributed by atoms with Crippen molar-refractivity contribution in [3.05, 3.63) is 53.3 Å². The van der Waals surface area contributed by atoms with E-state index in [0.717, 1.165) is 47.8 Å². The number of nitrogens with two attached hydrogens (primary N) is 1. The minimum atomic E-state index is -0.884. The highest BCUT2D eigenvalue weighted by molar-refractivity contribution is 5.98. The molecule has 1 fully saturated rings. The molecule has 1 amide bonds. The highest BCUT2D eigenvalue weighted by Gasteiger charge is 2.23. The maximum atomic E-state index is 11.6. The molecule has 26 heavy (non-hydrogen) atoms. The Morgan fingerprint density at radius 2 is 1.92 bits per heavy atom. The van der Waals surface area contributed by atoms with Gasteiger partial charge in [0.2, 0.25) is 0 Å². The van der Waals surface area contributed by atoms with E-state index in [9.17, 15) is 14.7 Å². The van der Waals surface area contributed by atoms with E-state index in [1.807, 2.05) is 24.4 Å². The molecular weight excluding hydrogens is 330 g/mol. The number of fused-ring (bicyclic) bond motifs is 1. The summed E-state index contributed by atoms with van der Waals surface area (Å²) in [4.78, 5) is 30.3. The van der Waals surface area contributed by atoms with Crippen LogP contribution in [0.3, 0.4) is 0 Å². The summed E-state index contributed by atoms with van der Waals surface area (Å²) >= 11 is 0. The zero-order valence-corrected chi connectivity index (χ0v) is 14.2. The van der Waals surface area contributed by atoms with Gasteiger partial charge < -0.3 is 15.8 Å². The molecule has 1 aliphatic rings. The van der Waals surface area contributed by atoms with Crippen molar-refractivity contribution in [1.29, 1.82) is 0 Å². The van der Waals surface area contributed by atoms with Gasteiger partial charge in [0.05, 0.1) is 5.56 Å². The Bertz CT molecular complexity index is 1020. The van der Waals surface area contributed by atoms with Crippen LogP contribution in [0.4, 0.5) is 0 Å². The summed E-state index contributed by atoms with van der Waals surface area (Å²) in [7, 11) is 0. The number of primary amides is 1. The van der Waals surface area contributed by atoms with Gasteiger partial charge in [0, 0.05) is 17.1 Å². The molecule has 4 N–H and O–H groups in total. The molecule has 0 aliphatic heterocycles. The van der Waals surface area contributed by atoms with Gasteiger partial charge in [-0.2, -0.15) is 0 Å². The number of amides is 1. The number of hydrogen-bond donors (Lipinski definition) is 3. The van der Waals surface area contributed by atoms with Crippen molar-refractivity contribution in [1.82, 2.24) is 9.97 Å². The number of benzene rings is 1. The number of carbonyl (C=O) groups excluding carboxylic acids is 1. The van der Waals surface area contributed by atoms with Crippen LogP contribution in [0.15, 0.2) is 36.5 Å². The number of H-pyrrole nitrogens is 1. The first-order valence-electron chi connectivity index (χ1n) is 8.70. The SMILES string of the molecule is NC(=O)c1ccc2c(-c3ccc(C(=O)O)c(C4CCCC4)c3)c[nH]c2n1. The summed E-state index contributed by atoms with van der Waals surface area (Å²) in [6.07, 6.45) is 6.17. The standard InChI is InChI=1S/C20H19N3O3/c21-18(24)17-8-7-13-16(10-22-19(13)23-17)12-5-6-14(20(25)26)15(9-12)11-3-1-2-4-11/h5-11H,1-4H2,(H2,21,24)(H,22,23)(H,25,26). The van der Waals surface area contributed by atoms with Crippen LogP contribution in [0.25, 0.3) is 22.2 Å². The predicted octanol–water partition coefficient (Wildman–Crippen LogP) is 3.68. The third kappa shape index (κ3) is 2.73. The van der Waals surface area contributed by atoms with E-state index in [4.69, 9.17) is 5.73 Å². The summed E-state index contributed by atoms with van der Waals surface area (Å²) in [5, 5.41) is 10.4. The number of carbonyl (C=O) groups is 2. The molecule has 132 valence electrons. The molecule has 3 aromatic rings. The number of nitrogens with one attached hydrogen (secondary N) is 1. The van der Waals surface area contributed by atoms with Crippen molar-refractivity contribution < 1.29 is 14.7 Å². The largest absolute Gasteiger partial charge is 0.478 e. The summed E-state index contributed by atoms with van der Waals surface area (Å²) in [5.41, 5.74) is 9.24. The number of rotatable bonds is 4. The second-order valence-corrected chi connectivity index (χ2v) is 6.75. The van der Waals surface area contributed by atoms with Gasteiger partial charge in [-0.05, 0) is 54.2 Å². The molecule has 0 bridgehead atoms. The molecule has 0 atom stereocenters. The average molecular weight is 349 g/mol. The zero-order valence-electron chi connectivity index (χ0n) is 14.2. The van der Waals surface area contributed by atoms with E-state index < -0.39 is 11.9 Å². The van der Waals surface area contributed by atoms with Crippen LogP contribution in [0.5, 0.6) is 0 Å². The van der Waals surface area contributed by atoms with Crippen molar-refractivity contribution in [3.63, 3.8) is 0 Å². The molecule has 1 saturated carbocycles. The van der Waals surface area contributed by atoms with Crippen LogP contribution in [0.1, 0.15) is 58.0 Å². The Morgan fingerprint density at radius 1 is 1.15 bits per heavy atom. The summed E-state index contributed by atoms with van der Waals surface area (Å²) in [6.45, 7) is 0. The number of carboxylic acids is 1. The Kier molecular flexibility index (Phi) is 3.95. The van der Waals surface area contributed by atoms with Crippen LogP contribution in [-0.4, -0.2) is 27.0 Å². The fraction of sp³-hybridized carbons (Fsp3) is 0.250. The number of carboxylic acid groups (broad SMARTS) is 1. The lowest BCUT2D eigenvalue weighted by Crippen LogP contribution is -2.12. The van der Waals surface area contributed by atoms with E-state index in [1.165, 1.54) is 0 Å². The molecule has 4 rings (SSSR count). The Hall–Kier alpha value is -3.15. The molecular formula is C20H19N3O3. The maximum Gasteiger partial charge on any atom is 0.335 e. The normalized spacial score (nSPS) is 14.8. The van der Waals surface area contributed by atoms with Crippen LogP contribution in [0.2, 0.25) is 0 Å². The number of nitrogens with zero attached hydrogens (tertiary/aromatic N) is 1. The monoisotopic (exact) mass is 349 g/mol. The van der Waals surface area contributed by atoms with E-state index in [-0.39, 0.29) is 5.69 Å². The number of pyridine rings is 1. The van der Waals surface area contributed by atoms with Crippen LogP contribution >= 0.6 is 0 Å². The minimum absolute atomic E-state index is 0.207. The fourth-order valence-corrected chi connectivity index (χ4v) is 3.88. The average Bonchev–Trinajstić information content (AvgIpc) is 3.30. The van der Waals surface area contributed by atoms with Crippen molar-refractivity contribution >= 4 is 22.9 Å². The summed E-state index contributed by atoms with van der Waals surface area (Å²) in [6, 6.07) is 8.92. The first kappa shape index (κ1) is 16.3. The second kappa shape index (κ2) is 6.29. The molecule has 0 unspecified atom stereocenters. The smallest absolute Gasteiger partial charge is 0.335 e. The van der Waals surface area contributed by atoms with Gasteiger partial charge in [0.15, 0.2) is 0 Å². The van der Waals surface area contributed by atoms with Crippen LogP contribution < -0.4 is 5.73 Å². The molecule has 0 spiro atoms. The molecule has 2 heterocycles. The lowest BCUT2D eigenvalue weighted by molar-refractivity contribution is 0.0695. The third-order valence-corrected chi connectivity index (χ3v) is 5.18. The number of hydrogen-bond acceptors (Lipinski definition) is 3. The molecule has 2 aromatic heterocycles. The predicted molar refractivity (Wildman–Crippen MR) is 98.2 cm³/mol. The molecule has 1 aromatic carbocycles. The highest BCUT2D eigenvalue weighted by Crippen LogP contribution is 2.38. The van der Waals surface area contributed by atoms with E-state index in [0.29, 0.717) is 17.1 Å². The van der Waals surface area contributed by atoms with Gasteiger partial charge in [-0.1, -0.05) is 18.9 Å². The van der Waals surface area contributed by atoms with Crippen LogP contribution in [0, 0.1) is 0 Å². The van der Waals surface area contributed by atoms with Crippen molar-refractivity contribution in [2.75, 3.05) is 0 Å². The van der Waals surface area contributed by atoms with Gasteiger partial charge in [-0.15, -0.1) is 0 Å². The lowest BCUT2D eigenvalue weighted by atomic mass is 9.89. The maximum absolute atomic E-state index is 11.6. The topological polar surface area (TPSA) is 109 Å². The number of aromatic nitrogens is 2. The quantitative estimate of drug-likeness (QED) is 0.667. The molecule has 0 radical (unpaired) electrons. The van der Waals surface area contributed by atoms with Gasteiger partial charge in [0.1, 0.15) is 11.3 Å². The highest BCUT2D eigenvalue weighted by atomic mass is 16.4. The lowest BCUT2D eigenvalue weighted by Gasteiger charge is -2.14. The number of aromatic amines is 1. The first-order chi connectivity index (χ1) is 12.5. The van der Waals surface area contributed by atoms with E-state index in [2.05, 4.69) is 9.97 Å². The second-order valence-electron chi connectivity index (χ2n) is 6.75. The Labute approximate surface area is 150 Å². The first-order valence-corrected chi connectivity index (χ1v) is 8.70. The van der Waals surface area contributed by atoms with Gasteiger partial charge in [0.25, 0.3) is 5.91 Å². The summed E-state index contributed by atoms with van der Waals surface area (Å²) < 4.78 is 0. The van der Waals surface area contributed by atoms with Gasteiger partial charge >= 0.3 is 5.97 Å². The third-order valence-electron chi connectivity index (χ3n) is 5.18. The van der Waals surface area contributed by atoms with Gasteiger partial charge in [-0.25, -0.2) is 9.78 Å². The van der Waals surface area contributed by atoms with Crippen molar-refractivity contribution in [2.24, 2.45) is 5.73 Å². The number of aromatic carboxylic acids is 1. The molecule has 6 heteroatoms. The van der Waals surface area contributed by atoms with Crippen LogP contribution in [-0.2, 0) is 0 Å². The fourth-order valence-electron chi connectivity index (χ4n) is 3.88. The molecule has 1 aliphatic carbocycles. The molecule has 0 saturated heterocycles. The van der Waals surface area contributed by atoms with Crippen molar-refractivity contribution in [2.45, 2.75) is 31.6 Å². The minimum Gasteiger partial charge on any atom is -0.478 e.